The number of piperidine rings is 1. The van der Waals surface area contributed by atoms with Crippen LogP contribution in [0.4, 0.5) is 5.82 Å². The van der Waals surface area contributed by atoms with E-state index < -0.39 is 5.60 Å². The highest BCUT2D eigenvalue weighted by molar-refractivity contribution is 5.77. The number of carbonyl (C=O) groups excluding carboxylic acids is 1. The maximum atomic E-state index is 12.8. The SMILES string of the molecule is C[C@H](CC(=O)N1CCC(O)(Cn2cnc(N3CC[C@H](N(C)C)C3)cc2=O)CC1)c1ccccc1. The van der Waals surface area contributed by atoms with Gasteiger partial charge >= 0.3 is 0 Å². The van der Waals surface area contributed by atoms with Gasteiger partial charge in [0, 0.05) is 44.7 Å². The summed E-state index contributed by atoms with van der Waals surface area (Å²) in [6.45, 7) is 5.00. The van der Waals surface area contributed by atoms with Gasteiger partial charge in [-0.15, -0.1) is 0 Å². The van der Waals surface area contributed by atoms with E-state index in [-0.39, 0.29) is 23.9 Å². The van der Waals surface area contributed by atoms with Crippen LogP contribution >= 0.6 is 0 Å². The van der Waals surface area contributed by atoms with E-state index in [2.05, 4.69) is 35.8 Å². The standard InChI is InChI=1S/C26H37N5O3/c1-20(21-7-5-4-6-8-21)15-24(32)29-13-10-26(34,11-14-29)18-31-19-27-23(16-25(31)33)30-12-9-22(17-30)28(2)3/h4-8,16,19-20,22,34H,9-15,17-18H2,1-3H3/t20-,22+/m1/s1. The molecule has 1 aromatic carbocycles. The van der Waals surface area contributed by atoms with Crippen molar-refractivity contribution in [1.29, 1.82) is 0 Å². The molecule has 2 fully saturated rings. The van der Waals surface area contributed by atoms with Gasteiger partial charge < -0.3 is 19.8 Å². The van der Waals surface area contributed by atoms with Crippen LogP contribution in [0, 0.1) is 0 Å². The predicted molar refractivity (Wildman–Crippen MR) is 133 cm³/mol. The fourth-order valence-electron chi connectivity index (χ4n) is 5.02. The first kappa shape index (κ1) is 24.4. The van der Waals surface area contributed by atoms with Crippen LogP contribution in [0.25, 0.3) is 0 Å². The number of aromatic nitrogens is 2. The predicted octanol–water partition coefficient (Wildman–Crippen LogP) is 1.93. The minimum Gasteiger partial charge on any atom is -0.388 e. The maximum absolute atomic E-state index is 12.8. The number of anilines is 1. The number of carbonyl (C=O) groups is 1. The van der Waals surface area contributed by atoms with Crippen molar-refractivity contribution in [1.82, 2.24) is 19.4 Å². The summed E-state index contributed by atoms with van der Waals surface area (Å²) in [6.07, 6.45) is 3.96. The monoisotopic (exact) mass is 467 g/mol. The zero-order valence-electron chi connectivity index (χ0n) is 20.6. The van der Waals surface area contributed by atoms with Gasteiger partial charge in [0.25, 0.3) is 5.56 Å². The lowest BCUT2D eigenvalue weighted by Crippen LogP contribution is -2.49. The number of nitrogens with zero attached hydrogens (tertiary/aromatic N) is 5. The van der Waals surface area contributed by atoms with E-state index in [0.717, 1.165) is 25.1 Å². The van der Waals surface area contributed by atoms with Crippen molar-refractivity contribution in [3.8, 4) is 0 Å². The Bertz CT molecular complexity index is 1030. The first-order valence-electron chi connectivity index (χ1n) is 12.3. The van der Waals surface area contributed by atoms with Crippen molar-refractivity contribution in [2.45, 2.75) is 56.7 Å². The summed E-state index contributed by atoms with van der Waals surface area (Å²) in [5.41, 5.74) is -0.00817. The van der Waals surface area contributed by atoms with Gasteiger partial charge in [-0.05, 0) is 44.8 Å². The summed E-state index contributed by atoms with van der Waals surface area (Å²) in [5.74, 6) is 0.968. The second-order valence-electron chi connectivity index (χ2n) is 10.2. The summed E-state index contributed by atoms with van der Waals surface area (Å²) in [5, 5.41) is 11.1. The smallest absolute Gasteiger partial charge is 0.255 e. The molecular weight excluding hydrogens is 430 g/mol. The zero-order valence-corrected chi connectivity index (χ0v) is 20.6. The van der Waals surface area contributed by atoms with Gasteiger partial charge in [0.2, 0.25) is 5.91 Å². The molecule has 184 valence electrons. The Hall–Kier alpha value is -2.71. The minimum atomic E-state index is -1.02. The van der Waals surface area contributed by atoms with E-state index in [1.165, 1.54) is 4.57 Å². The molecule has 1 N–H and O–H groups in total. The van der Waals surface area contributed by atoms with Crippen molar-refractivity contribution >= 4 is 11.7 Å². The molecule has 0 aliphatic carbocycles. The lowest BCUT2D eigenvalue weighted by molar-refractivity contribution is -0.136. The number of hydrogen-bond donors (Lipinski definition) is 1. The molecule has 0 spiro atoms. The average molecular weight is 468 g/mol. The van der Waals surface area contributed by atoms with Gasteiger partial charge in [0.15, 0.2) is 0 Å². The highest BCUT2D eigenvalue weighted by Gasteiger charge is 2.35. The Morgan fingerprint density at radius 2 is 1.91 bits per heavy atom. The van der Waals surface area contributed by atoms with Crippen molar-refractivity contribution in [2.24, 2.45) is 0 Å². The summed E-state index contributed by atoms with van der Waals surface area (Å²) in [4.78, 5) is 36.3. The zero-order chi connectivity index (χ0) is 24.3. The van der Waals surface area contributed by atoms with E-state index in [9.17, 15) is 14.7 Å². The first-order chi connectivity index (χ1) is 16.2. The largest absolute Gasteiger partial charge is 0.388 e. The van der Waals surface area contributed by atoms with E-state index in [4.69, 9.17) is 0 Å². The highest BCUT2D eigenvalue weighted by Crippen LogP contribution is 2.26. The summed E-state index contributed by atoms with van der Waals surface area (Å²) < 4.78 is 1.50. The lowest BCUT2D eigenvalue weighted by atomic mass is 9.90. The number of hydrogen-bond acceptors (Lipinski definition) is 6. The number of aliphatic hydroxyl groups is 1. The van der Waals surface area contributed by atoms with Crippen LogP contribution in [0.2, 0.25) is 0 Å². The Labute approximate surface area is 201 Å². The normalized spacial score (nSPS) is 21.1. The quantitative estimate of drug-likeness (QED) is 0.670. The molecule has 0 bridgehead atoms. The van der Waals surface area contributed by atoms with Crippen LogP contribution in [-0.4, -0.2) is 82.3 Å². The van der Waals surface area contributed by atoms with Crippen LogP contribution in [-0.2, 0) is 11.3 Å². The Morgan fingerprint density at radius 1 is 1.21 bits per heavy atom. The highest BCUT2D eigenvalue weighted by atomic mass is 16.3. The summed E-state index contributed by atoms with van der Waals surface area (Å²) in [7, 11) is 4.14. The molecule has 0 radical (unpaired) electrons. The molecule has 0 unspecified atom stereocenters. The van der Waals surface area contributed by atoms with Crippen LogP contribution < -0.4 is 10.5 Å². The van der Waals surface area contributed by atoms with Gasteiger partial charge in [-0.25, -0.2) is 4.98 Å². The second-order valence-corrected chi connectivity index (χ2v) is 10.2. The number of rotatable bonds is 7. The fourth-order valence-corrected chi connectivity index (χ4v) is 5.02. The van der Waals surface area contributed by atoms with Crippen LogP contribution in [0.15, 0.2) is 47.5 Å². The molecule has 8 nitrogen and oxygen atoms in total. The van der Waals surface area contributed by atoms with Crippen molar-refractivity contribution in [3.05, 3.63) is 58.6 Å². The topological polar surface area (TPSA) is 81.9 Å². The van der Waals surface area contributed by atoms with Gasteiger partial charge in [-0.1, -0.05) is 37.3 Å². The molecule has 2 atom stereocenters. The third-order valence-electron chi connectivity index (χ3n) is 7.44. The van der Waals surface area contributed by atoms with E-state index in [1.54, 1.807) is 12.4 Å². The van der Waals surface area contributed by atoms with Crippen molar-refractivity contribution in [2.75, 3.05) is 45.2 Å². The summed E-state index contributed by atoms with van der Waals surface area (Å²) >= 11 is 0. The molecule has 0 saturated carbocycles. The molecule has 2 aromatic rings. The van der Waals surface area contributed by atoms with Gasteiger partial charge in [-0.3, -0.25) is 14.2 Å². The molecule has 3 heterocycles. The fraction of sp³-hybridized carbons (Fsp3) is 0.577. The Kier molecular flexibility index (Phi) is 7.38. The Balaban J connectivity index is 1.31. The van der Waals surface area contributed by atoms with E-state index in [0.29, 0.717) is 44.2 Å². The molecular formula is C26H37N5O3. The molecule has 34 heavy (non-hydrogen) atoms. The molecule has 1 amide bonds. The molecule has 1 aromatic heterocycles. The minimum absolute atomic E-state index is 0.114. The van der Waals surface area contributed by atoms with Gasteiger partial charge in [0.1, 0.15) is 5.82 Å². The second kappa shape index (κ2) is 10.3. The Morgan fingerprint density at radius 3 is 2.53 bits per heavy atom. The van der Waals surface area contributed by atoms with Crippen LogP contribution in [0.5, 0.6) is 0 Å². The van der Waals surface area contributed by atoms with Crippen LogP contribution in [0.1, 0.15) is 44.1 Å². The van der Waals surface area contributed by atoms with Crippen molar-refractivity contribution in [3.63, 3.8) is 0 Å². The van der Waals surface area contributed by atoms with Crippen molar-refractivity contribution < 1.29 is 9.90 Å². The number of amides is 1. The molecule has 4 rings (SSSR count). The third kappa shape index (κ3) is 5.67. The first-order valence-corrected chi connectivity index (χ1v) is 12.3. The molecule has 8 heteroatoms. The molecule has 2 aliphatic heterocycles. The summed E-state index contributed by atoms with van der Waals surface area (Å²) in [6, 6.07) is 12.1. The third-order valence-corrected chi connectivity index (χ3v) is 7.44. The van der Waals surface area contributed by atoms with Gasteiger partial charge in [0.05, 0.1) is 18.5 Å². The molecule has 2 aliphatic rings. The lowest BCUT2D eigenvalue weighted by Gasteiger charge is -2.38. The maximum Gasteiger partial charge on any atom is 0.255 e. The molecule has 2 saturated heterocycles. The average Bonchev–Trinajstić information content (AvgIpc) is 3.32. The number of benzene rings is 1. The van der Waals surface area contributed by atoms with E-state index >= 15 is 0 Å². The number of likely N-dealkylation sites (N-methyl/N-ethyl adjacent to an activating group) is 1. The van der Waals surface area contributed by atoms with Gasteiger partial charge in [-0.2, -0.15) is 0 Å². The van der Waals surface area contributed by atoms with Crippen LogP contribution in [0.3, 0.4) is 0 Å². The van der Waals surface area contributed by atoms with E-state index in [1.807, 2.05) is 35.2 Å². The number of likely N-dealkylation sites (tertiary alicyclic amines) is 1.